The Hall–Kier alpha value is -2.73. The van der Waals surface area contributed by atoms with E-state index in [1.807, 2.05) is 18.2 Å². The van der Waals surface area contributed by atoms with Crippen molar-refractivity contribution in [1.82, 2.24) is 5.32 Å². The number of rotatable bonds is 8. The van der Waals surface area contributed by atoms with Crippen LogP contribution in [0, 0.1) is 0 Å². The Kier molecular flexibility index (Phi) is 6.65. The number of benzene rings is 2. The largest absolute Gasteiger partial charge is 0.493 e. The zero-order valence-electron chi connectivity index (χ0n) is 14.6. The van der Waals surface area contributed by atoms with Crippen LogP contribution in [0.5, 0.6) is 17.2 Å². The first-order valence-electron chi connectivity index (χ1n) is 7.94. The van der Waals surface area contributed by atoms with Gasteiger partial charge in [-0.05, 0) is 36.8 Å². The maximum absolute atomic E-state index is 12.1. The molecule has 2 N–H and O–H groups in total. The molecule has 0 heterocycles. The van der Waals surface area contributed by atoms with Crippen molar-refractivity contribution in [2.75, 3.05) is 20.8 Å². The number of carbonyl (C=O) groups excluding carboxylic acids is 1. The van der Waals surface area contributed by atoms with E-state index in [2.05, 4.69) is 5.32 Å². The maximum Gasteiger partial charge on any atom is 0.260 e. The summed E-state index contributed by atoms with van der Waals surface area (Å²) in [6.45, 7) is 1.72. The van der Waals surface area contributed by atoms with Crippen molar-refractivity contribution in [2.45, 2.75) is 19.1 Å². The molecule has 0 aliphatic carbocycles. The Morgan fingerprint density at radius 1 is 1.08 bits per heavy atom. The lowest BCUT2D eigenvalue weighted by atomic mass is 10.1. The predicted molar refractivity (Wildman–Crippen MR) is 94.0 cm³/mol. The molecule has 0 fully saturated rings. The molecule has 2 aromatic carbocycles. The average Bonchev–Trinajstić information content (AvgIpc) is 2.65. The van der Waals surface area contributed by atoms with Gasteiger partial charge in [0.1, 0.15) is 5.75 Å². The number of amides is 1. The van der Waals surface area contributed by atoms with Crippen molar-refractivity contribution >= 4 is 5.91 Å². The minimum atomic E-state index is -0.868. The van der Waals surface area contributed by atoms with Crippen LogP contribution in [0.4, 0.5) is 0 Å². The van der Waals surface area contributed by atoms with E-state index in [1.165, 1.54) is 7.11 Å². The van der Waals surface area contributed by atoms with Crippen LogP contribution in [0.2, 0.25) is 0 Å². The van der Waals surface area contributed by atoms with Gasteiger partial charge in [-0.1, -0.05) is 24.3 Å². The smallest absolute Gasteiger partial charge is 0.260 e. The number of aliphatic hydroxyl groups excluding tert-OH is 1. The Labute approximate surface area is 147 Å². The van der Waals surface area contributed by atoms with E-state index in [0.29, 0.717) is 22.8 Å². The fourth-order valence-corrected chi connectivity index (χ4v) is 2.28. The van der Waals surface area contributed by atoms with Crippen LogP contribution in [0.15, 0.2) is 48.5 Å². The molecule has 0 spiro atoms. The summed E-state index contributed by atoms with van der Waals surface area (Å²) in [6.07, 6.45) is -1.53. The van der Waals surface area contributed by atoms with Crippen LogP contribution in [0.1, 0.15) is 18.6 Å². The number of ether oxygens (including phenoxy) is 3. The Balaban J connectivity index is 1.90. The third-order valence-corrected chi connectivity index (χ3v) is 3.69. The van der Waals surface area contributed by atoms with E-state index in [1.54, 1.807) is 44.4 Å². The summed E-state index contributed by atoms with van der Waals surface area (Å²) in [5, 5.41) is 13.0. The van der Waals surface area contributed by atoms with E-state index < -0.39 is 12.2 Å². The van der Waals surface area contributed by atoms with Crippen molar-refractivity contribution in [1.29, 1.82) is 0 Å². The average molecular weight is 345 g/mol. The molecule has 0 aliphatic heterocycles. The Morgan fingerprint density at radius 3 is 2.40 bits per heavy atom. The third-order valence-electron chi connectivity index (χ3n) is 3.69. The van der Waals surface area contributed by atoms with Crippen LogP contribution in [-0.4, -0.2) is 37.9 Å². The third kappa shape index (κ3) is 5.12. The highest BCUT2D eigenvalue weighted by molar-refractivity contribution is 5.80. The van der Waals surface area contributed by atoms with Crippen LogP contribution in [0.3, 0.4) is 0 Å². The molecular formula is C19H23NO5. The molecule has 6 heteroatoms. The number of carbonyl (C=O) groups is 1. The van der Waals surface area contributed by atoms with Crippen molar-refractivity contribution < 1.29 is 24.1 Å². The van der Waals surface area contributed by atoms with Crippen LogP contribution in [0.25, 0.3) is 0 Å². The van der Waals surface area contributed by atoms with Gasteiger partial charge in [-0.15, -0.1) is 0 Å². The molecule has 2 rings (SSSR count). The SMILES string of the molecule is COc1ccc([C@H](O)CNC(=O)[C@H](C)Oc2ccccc2)cc1OC. The number of hydrogen-bond donors (Lipinski definition) is 2. The van der Waals surface area contributed by atoms with Gasteiger partial charge in [0.05, 0.1) is 20.3 Å². The first-order chi connectivity index (χ1) is 12.0. The Bertz CT molecular complexity index is 689. The van der Waals surface area contributed by atoms with Gasteiger partial charge in [0.15, 0.2) is 17.6 Å². The fourth-order valence-electron chi connectivity index (χ4n) is 2.28. The van der Waals surface area contributed by atoms with Gasteiger partial charge < -0.3 is 24.6 Å². The van der Waals surface area contributed by atoms with E-state index >= 15 is 0 Å². The molecule has 0 aliphatic rings. The van der Waals surface area contributed by atoms with Crippen molar-refractivity contribution in [2.24, 2.45) is 0 Å². The van der Waals surface area contributed by atoms with Crippen molar-refractivity contribution in [3.63, 3.8) is 0 Å². The molecule has 0 bridgehead atoms. The number of para-hydroxylation sites is 1. The predicted octanol–water partition coefficient (Wildman–Crippen LogP) is 2.32. The number of nitrogens with one attached hydrogen (secondary N) is 1. The second kappa shape index (κ2) is 8.94. The Morgan fingerprint density at radius 2 is 1.76 bits per heavy atom. The van der Waals surface area contributed by atoms with Gasteiger partial charge in [-0.25, -0.2) is 0 Å². The van der Waals surface area contributed by atoms with Crippen molar-refractivity contribution in [3.8, 4) is 17.2 Å². The summed E-state index contributed by atoms with van der Waals surface area (Å²) in [7, 11) is 3.07. The summed E-state index contributed by atoms with van der Waals surface area (Å²) in [5.74, 6) is 1.41. The highest BCUT2D eigenvalue weighted by Gasteiger charge is 2.17. The normalized spacial score (nSPS) is 12.8. The number of aliphatic hydroxyl groups is 1. The molecule has 25 heavy (non-hydrogen) atoms. The second-order valence-corrected chi connectivity index (χ2v) is 5.45. The monoisotopic (exact) mass is 345 g/mol. The summed E-state index contributed by atoms with van der Waals surface area (Å²) >= 11 is 0. The maximum atomic E-state index is 12.1. The molecule has 2 atom stereocenters. The van der Waals surface area contributed by atoms with Gasteiger partial charge in [-0.2, -0.15) is 0 Å². The van der Waals surface area contributed by atoms with Gasteiger partial charge in [-0.3, -0.25) is 4.79 Å². The minimum Gasteiger partial charge on any atom is -0.493 e. The zero-order valence-corrected chi connectivity index (χ0v) is 14.6. The zero-order chi connectivity index (χ0) is 18.2. The molecule has 1 amide bonds. The molecule has 6 nitrogen and oxygen atoms in total. The van der Waals surface area contributed by atoms with E-state index in [9.17, 15) is 9.90 Å². The lowest BCUT2D eigenvalue weighted by molar-refractivity contribution is -0.127. The molecule has 0 saturated carbocycles. The van der Waals surface area contributed by atoms with Crippen molar-refractivity contribution in [3.05, 3.63) is 54.1 Å². The molecule has 0 saturated heterocycles. The highest BCUT2D eigenvalue weighted by atomic mass is 16.5. The van der Waals surface area contributed by atoms with Gasteiger partial charge >= 0.3 is 0 Å². The summed E-state index contributed by atoms with van der Waals surface area (Å²) in [5.41, 5.74) is 0.620. The van der Waals surface area contributed by atoms with Gasteiger partial charge in [0.2, 0.25) is 0 Å². The summed E-state index contributed by atoms with van der Waals surface area (Å²) < 4.78 is 15.9. The lowest BCUT2D eigenvalue weighted by Crippen LogP contribution is -2.38. The van der Waals surface area contributed by atoms with Gasteiger partial charge in [0, 0.05) is 6.54 Å². The lowest BCUT2D eigenvalue weighted by Gasteiger charge is -2.17. The summed E-state index contributed by atoms with van der Waals surface area (Å²) in [4.78, 5) is 12.1. The molecule has 134 valence electrons. The first-order valence-corrected chi connectivity index (χ1v) is 7.94. The van der Waals surface area contributed by atoms with Gasteiger partial charge in [0.25, 0.3) is 5.91 Å². The van der Waals surface area contributed by atoms with Crippen LogP contribution < -0.4 is 19.5 Å². The minimum absolute atomic E-state index is 0.0663. The quantitative estimate of drug-likeness (QED) is 0.768. The topological polar surface area (TPSA) is 77.0 Å². The van der Waals surface area contributed by atoms with E-state index in [4.69, 9.17) is 14.2 Å². The standard InChI is InChI=1S/C19H23NO5/c1-13(25-15-7-5-4-6-8-15)19(22)20-12-16(21)14-9-10-17(23-2)18(11-14)24-3/h4-11,13,16,21H,12H2,1-3H3,(H,20,22)/t13-,16+/m0/s1. The molecular weight excluding hydrogens is 322 g/mol. The number of methoxy groups -OCH3 is 2. The molecule has 2 aromatic rings. The van der Waals surface area contributed by atoms with E-state index in [-0.39, 0.29) is 12.5 Å². The number of hydrogen-bond acceptors (Lipinski definition) is 5. The van der Waals surface area contributed by atoms with Crippen LogP contribution >= 0.6 is 0 Å². The molecule has 0 aromatic heterocycles. The van der Waals surface area contributed by atoms with E-state index in [0.717, 1.165) is 0 Å². The highest BCUT2D eigenvalue weighted by Crippen LogP contribution is 2.29. The molecule has 0 radical (unpaired) electrons. The second-order valence-electron chi connectivity index (χ2n) is 5.45. The first kappa shape index (κ1) is 18.6. The summed E-state index contributed by atoms with van der Waals surface area (Å²) in [6, 6.07) is 14.2. The molecule has 0 unspecified atom stereocenters. The fraction of sp³-hybridized carbons (Fsp3) is 0.316. The van der Waals surface area contributed by atoms with Crippen LogP contribution in [-0.2, 0) is 4.79 Å².